The summed E-state index contributed by atoms with van der Waals surface area (Å²) in [6.45, 7) is 21.5. The van der Waals surface area contributed by atoms with E-state index in [2.05, 4.69) is 52.6 Å². The molecule has 2 heterocycles. The summed E-state index contributed by atoms with van der Waals surface area (Å²) in [6, 6.07) is 7.32. The van der Waals surface area contributed by atoms with E-state index in [0.717, 1.165) is 45.1 Å². The number of benzene rings is 2. The van der Waals surface area contributed by atoms with Gasteiger partial charge in [-0.2, -0.15) is 4.91 Å². The van der Waals surface area contributed by atoms with Crippen LogP contribution in [0.25, 0.3) is 39.5 Å². The van der Waals surface area contributed by atoms with Crippen molar-refractivity contribution in [1.29, 1.82) is 0 Å². The van der Waals surface area contributed by atoms with E-state index in [-0.39, 0.29) is 30.8 Å². The fourth-order valence-corrected chi connectivity index (χ4v) is 5.72. The molecule has 4 rings (SSSR count). The van der Waals surface area contributed by atoms with Crippen molar-refractivity contribution in [1.82, 2.24) is 9.47 Å². The van der Waals surface area contributed by atoms with Crippen molar-refractivity contribution in [3.05, 3.63) is 69.2 Å². The zero-order chi connectivity index (χ0) is 25.6. The molecule has 2 unspecified atom stereocenters. The van der Waals surface area contributed by atoms with Crippen LogP contribution in [0.4, 0.5) is 0 Å². The van der Waals surface area contributed by atoms with Gasteiger partial charge in [0.1, 0.15) is 6.54 Å². The summed E-state index contributed by atoms with van der Waals surface area (Å²) in [5.41, 5.74) is 3.21. The van der Waals surface area contributed by atoms with Gasteiger partial charge in [0.05, 0.1) is 18.7 Å². The van der Waals surface area contributed by atoms with E-state index >= 15 is 0 Å². The third-order valence-electron chi connectivity index (χ3n) is 7.13. The number of rotatable bonds is 9. The molecule has 3 aromatic rings. The van der Waals surface area contributed by atoms with E-state index in [4.69, 9.17) is 0 Å². The molecule has 0 amide bonds. The third-order valence-corrected chi connectivity index (χ3v) is 7.13. The van der Waals surface area contributed by atoms with Crippen LogP contribution in [0.15, 0.2) is 47.4 Å². The molecule has 0 saturated carbocycles. The lowest BCUT2D eigenvalue weighted by atomic mass is 9.86. The normalized spacial score (nSPS) is 15.6. The minimum Gasteiger partial charge on any atom is -0.394 e. The summed E-state index contributed by atoms with van der Waals surface area (Å²) in [4.78, 5) is 27.0. The van der Waals surface area contributed by atoms with Crippen LogP contribution in [0.5, 0.6) is 0 Å². The van der Waals surface area contributed by atoms with Crippen molar-refractivity contribution >= 4 is 39.5 Å². The molecule has 0 bridgehead atoms. The second-order valence-corrected chi connectivity index (χ2v) is 10.5. The molecule has 1 aliphatic heterocycles. The Bertz CT molecular complexity index is 1350. The van der Waals surface area contributed by atoms with Gasteiger partial charge in [-0.1, -0.05) is 70.8 Å². The third kappa shape index (κ3) is 4.00. The fraction of sp³-hybridized carbons (Fsp3) is 0.414. The van der Waals surface area contributed by atoms with Crippen LogP contribution in [0.2, 0.25) is 0 Å². The Balaban J connectivity index is 1.99. The molecule has 1 aliphatic rings. The molecule has 1 aromatic heterocycles. The highest BCUT2D eigenvalue weighted by Crippen LogP contribution is 2.44. The Morgan fingerprint density at radius 2 is 1.40 bits per heavy atom. The number of nitrogens with zero attached hydrogens (tertiary/aromatic N) is 3. The number of nitroso groups, excluding NO2 is 1. The van der Waals surface area contributed by atoms with Gasteiger partial charge in [0, 0.05) is 49.4 Å². The highest BCUT2D eigenvalue weighted by atomic mass is 16.3. The Morgan fingerprint density at radius 3 is 1.91 bits per heavy atom. The van der Waals surface area contributed by atoms with Crippen LogP contribution >= 0.6 is 0 Å². The van der Waals surface area contributed by atoms with Gasteiger partial charge in [0.15, 0.2) is 0 Å². The lowest BCUT2D eigenvalue weighted by Gasteiger charge is -2.40. The fourth-order valence-electron chi connectivity index (χ4n) is 5.72. The molecule has 6 heteroatoms. The molecule has 6 nitrogen and oxygen atoms in total. The van der Waals surface area contributed by atoms with Gasteiger partial charge in [-0.05, 0) is 30.7 Å². The molecule has 35 heavy (non-hydrogen) atoms. The Kier molecular flexibility index (Phi) is 6.69. The van der Waals surface area contributed by atoms with E-state index in [0.29, 0.717) is 29.0 Å². The van der Waals surface area contributed by atoms with Gasteiger partial charge in [-0.25, -0.2) is 0 Å². The largest absolute Gasteiger partial charge is 0.394 e. The molecule has 184 valence electrons. The van der Waals surface area contributed by atoms with Gasteiger partial charge in [0.25, 0.3) is 5.56 Å². The lowest BCUT2D eigenvalue weighted by Crippen LogP contribution is -2.39. The van der Waals surface area contributed by atoms with Crippen molar-refractivity contribution in [2.24, 2.45) is 17.0 Å². The zero-order valence-corrected chi connectivity index (χ0v) is 21.2. The van der Waals surface area contributed by atoms with E-state index in [1.165, 1.54) is 0 Å². The minimum atomic E-state index is -0.335. The number of pyridine rings is 1. The maximum Gasteiger partial charge on any atom is 0.259 e. The molecular weight excluding hydrogens is 438 g/mol. The summed E-state index contributed by atoms with van der Waals surface area (Å²) < 4.78 is 1.66. The molecule has 0 spiro atoms. The maximum absolute atomic E-state index is 13.7. The van der Waals surface area contributed by atoms with Gasteiger partial charge < -0.3 is 14.6 Å². The van der Waals surface area contributed by atoms with Crippen molar-refractivity contribution in [2.75, 3.05) is 13.2 Å². The Hall–Kier alpha value is -3.25. The summed E-state index contributed by atoms with van der Waals surface area (Å²) in [6.07, 6.45) is 1.46. The highest BCUT2D eigenvalue weighted by Gasteiger charge is 2.32. The zero-order valence-electron chi connectivity index (χ0n) is 21.2. The monoisotopic (exact) mass is 473 g/mol. The second kappa shape index (κ2) is 9.42. The minimum absolute atomic E-state index is 0.123. The van der Waals surface area contributed by atoms with Crippen LogP contribution in [0.3, 0.4) is 0 Å². The SMILES string of the molecule is C=C1c2ccc3c(=C)n(C(CO)CC(C)C)c(=O)c4ccc(c2c34)C(=C)N1C(CN=O)CC(C)C. The van der Waals surface area contributed by atoms with Crippen LogP contribution in [0.1, 0.15) is 57.7 Å². The maximum atomic E-state index is 13.7. The molecule has 2 atom stereocenters. The molecule has 0 fully saturated rings. The van der Waals surface area contributed by atoms with Crippen LogP contribution in [0, 0.1) is 16.7 Å². The number of aliphatic hydroxyl groups is 1. The van der Waals surface area contributed by atoms with Crippen LogP contribution in [-0.2, 0) is 0 Å². The molecule has 0 saturated heterocycles. The molecule has 0 aliphatic carbocycles. The molecular formula is C29H35N3O3. The number of aliphatic hydroxyl groups excluding tert-OH is 1. The first kappa shape index (κ1) is 24.9. The predicted octanol–water partition coefficient (Wildman–Crippen LogP) is 5.30. The van der Waals surface area contributed by atoms with E-state index in [9.17, 15) is 14.8 Å². The quantitative estimate of drug-likeness (QED) is 0.428. The topological polar surface area (TPSA) is 74.9 Å². The smallest absolute Gasteiger partial charge is 0.259 e. The summed E-state index contributed by atoms with van der Waals surface area (Å²) >= 11 is 0. The van der Waals surface area contributed by atoms with Gasteiger partial charge in [0.2, 0.25) is 0 Å². The summed E-state index contributed by atoms with van der Waals surface area (Å²) in [5.74, 6) is 0.693. The lowest BCUT2D eigenvalue weighted by molar-refractivity contribution is 0.204. The van der Waals surface area contributed by atoms with Crippen LogP contribution < -0.4 is 10.9 Å². The van der Waals surface area contributed by atoms with Crippen molar-refractivity contribution in [3.63, 3.8) is 0 Å². The van der Waals surface area contributed by atoms with E-state index in [1.54, 1.807) is 4.57 Å². The van der Waals surface area contributed by atoms with Crippen molar-refractivity contribution in [2.45, 2.75) is 52.6 Å². The second-order valence-electron chi connectivity index (χ2n) is 10.5. The van der Waals surface area contributed by atoms with Gasteiger partial charge >= 0.3 is 0 Å². The first-order chi connectivity index (χ1) is 16.6. The van der Waals surface area contributed by atoms with E-state index < -0.39 is 0 Å². The molecule has 2 aromatic carbocycles. The highest BCUT2D eigenvalue weighted by molar-refractivity contribution is 6.18. The average molecular weight is 474 g/mol. The Morgan fingerprint density at radius 1 is 0.857 bits per heavy atom. The van der Waals surface area contributed by atoms with Gasteiger partial charge in [-0.3, -0.25) is 4.79 Å². The standard InChI is InChI=1S/C29H35N3O3/c1-16(2)12-21(14-30-35)31-18(5)23-8-9-25-20(7)32(22(15-33)13-17(3)4)29(34)26-11-10-24(19(31)6)27(23)28(25)26/h8-11,16-17,21-22,33H,5-7,12-15H2,1-4H3. The number of hydrogen-bond donors (Lipinski definition) is 1. The predicted molar refractivity (Wildman–Crippen MR) is 146 cm³/mol. The first-order valence-corrected chi connectivity index (χ1v) is 12.3. The summed E-state index contributed by atoms with van der Waals surface area (Å²) in [5, 5.41) is 17.2. The number of hydrogen-bond acceptors (Lipinski definition) is 5. The number of aromatic nitrogens is 1. The Labute approximate surface area is 206 Å². The van der Waals surface area contributed by atoms with Crippen LogP contribution in [-0.4, -0.2) is 33.8 Å². The average Bonchev–Trinajstić information content (AvgIpc) is 2.80. The van der Waals surface area contributed by atoms with Gasteiger partial charge in [-0.15, -0.1) is 0 Å². The first-order valence-electron chi connectivity index (χ1n) is 12.3. The van der Waals surface area contributed by atoms with E-state index in [1.807, 2.05) is 29.2 Å². The molecule has 1 N–H and O–H groups in total. The van der Waals surface area contributed by atoms with Crippen molar-refractivity contribution < 1.29 is 5.11 Å². The summed E-state index contributed by atoms with van der Waals surface area (Å²) in [7, 11) is 0. The molecule has 0 radical (unpaired) electrons. The van der Waals surface area contributed by atoms with Crippen molar-refractivity contribution in [3.8, 4) is 0 Å².